The van der Waals surface area contributed by atoms with Crippen molar-refractivity contribution in [2.24, 2.45) is 0 Å². The highest BCUT2D eigenvalue weighted by Crippen LogP contribution is 2.27. The summed E-state index contributed by atoms with van der Waals surface area (Å²) in [6, 6.07) is 18.3. The van der Waals surface area contributed by atoms with Crippen molar-refractivity contribution in [1.29, 1.82) is 0 Å². The summed E-state index contributed by atoms with van der Waals surface area (Å²) in [4.78, 5) is 21.3. The van der Waals surface area contributed by atoms with Gasteiger partial charge in [0.1, 0.15) is 16.6 Å². The highest BCUT2D eigenvalue weighted by atomic mass is 32.2. The molecule has 0 aliphatic rings. The Morgan fingerprint density at radius 1 is 1.08 bits per heavy atom. The third kappa shape index (κ3) is 4.61. The fraction of sp³-hybridized carbons (Fsp3) is 0.150. The number of rotatable bonds is 5. The number of hydrogen-bond acceptors (Lipinski definition) is 5. The maximum absolute atomic E-state index is 12.4. The molecule has 0 bridgehead atoms. The highest BCUT2D eigenvalue weighted by Gasteiger charge is 2.16. The molecule has 1 unspecified atom stereocenters. The standard InChI is InChI=1S/C20H19N3O2S/c1-13(20(25)23-16-9-6-10-17(24)11-16)26-19-12-18(21-14(2)22-19)15-7-4-3-5-8-15/h3-13,24H,1-2H3,(H,23,25). The van der Waals surface area contributed by atoms with Crippen molar-refractivity contribution >= 4 is 23.4 Å². The Morgan fingerprint density at radius 2 is 1.85 bits per heavy atom. The molecular weight excluding hydrogens is 346 g/mol. The first kappa shape index (κ1) is 17.9. The van der Waals surface area contributed by atoms with Crippen molar-refractivity contribution in [3.05, 3.63) is 66.5 Å². The summed E-state index contributed by atoms with van der Waals surface area (Å²) in [6.07, 6.45) is 0. The molecule has 3 aromatic rings. The minimum absolute atomic E-state index is 0.113. The van der Waals surface area contributed by atoms with Crippen LogP contribution in [0, 0.1) is 6.92 Å². The van der Waals surface area contributed by atoms with E-state index >= 15 is 0 Å². The fourth-order valence-electron chi connectivity index (χ4n) is 2.42. The van der Waals surface area contributed by atoms with E-state index in [-0.39, 0.29) is 16.9 Å². The molecule has 26 heavy (non-hydrogen) atoms. The third-order valence-electron chi connectivity index (χ3n) is 3.66. The highest BCUT2D eigenvalue weighted by molar-refractivity contribution is 8.00. The second-order valence-electron chi connectivity index (χ2n) is 5.80. The summed E-state index contributed by atoms with van der Waals surface area (Å²) in [6.45, 7) is 3.66. The Morgan fingerprint density at radius 3 is 2.58 bits per heavy atom. The lowest BCUT2D eigenvalue weighted by molar-refractivity contribution is -0.115. The lowest BCUT2D eigenvalue weighted by Gasteiger charge is -2.13. The van der Waals surface area contributed by atoms with Crippen LogP contribution in [0.1, 0.15) is 12.7 Å². The largest absolute Gasteiger partial charge is 0.508 e. The molecule has 2 aromatic carbocycles. The number of nitrogens with zero attached hydrogens (tertiary/aromatic N) is 2. The van der Waals surface area contributed by atoms with Crippen molar-refractivity contribution in [1.82, 2.24) is 9.97 Å². The van der Waals surface area contributed by atoms with Crippen molar-refractivity contribution in [3.63, 3.8) is 0 Å². The van der Waals surface area contributed by atoms with E-state index in [0.29, 0.717) is 11.5 Å². The van der Waals surface area contributed by atoms with Crippen molar-refractivity contribution in [2.45, 2.75) is 24.1 Å². The zero-order chi connectivity index (χ0) is 18.5. The van der Waals surface area contributed by atoms with Crippen LogP contribution in [0.3, 0.4) is 0 Å². The zero-order valence-corrected chi connectivity index (χ0v) is 15.3. The summed E-state index contributed by atoms with van der Waals surface area (Å²) < 4.78 is 0. The van der Waals surface area contributed by atoms with Gasteiger partial charge < -0.3 is 10.4 Å². The van der Waals surface area contributed by atoms with Crippen molar-refractivity contribution in [2.75, 3.05) is 5.32 Å². The van der Waals surface area contributed by atoms with Gasteiger partial charge in [0.15, 0.2) is 0 Å². The van der Waals surface area contributed by atoms with E-state index in [1.165, 1.54) is 17.8 Å². The van der Waals surface area contributed by atoms with Crippen LogP contribution in [0.5, 0.6) is 5.75 Å². The molecule has 0 spiro atoms. The van der Waals surface area contributed by atoms with Crippen LogP contribution in [-0.2, 0) is 4.79 Å². The number of nitrogens with one attached hydrogen (secondary N) is 1. The molecule has 2 N–H and O–H groups in total. The number of carbonyl (C=O) groups is 1. The smallest absolute Gasteiger partial charge is 0.237 e. The predicted octanol–water partition coefficient (Wildman–Crippen LogP) is 4.28. The molecule has 0 saturated heterocycles. The number of benzene rings is 2. The maximum Gasteiger partial charge on any atom is 0.237 e. The molecule has 5 nitrogen and oxygen atoms in total. The van der Waals surface area contributed by atoms with E-state index in [0.717, 1.165) is 16.3 Å². The SMILES string of the molecule is Cc1nc(SC(C)C(=O)Nc2cccc(O)c2)cc(-c2ccccc2)n1. The molecule has 6 heteroatoms. The molecule has 0 saturated carbocycles. The molecule has 132 valence electrons. The number of carbonyl (C=O) groups excluding carboxylic acids is 1. The van der Waals surface area contributed by atoms with Gasteiger partial charge in [-0.2, -0.15) is 0 Å². The lowest BCUT2D eigenvalue weighted by Crippen LogP contribution is -2.22. The van der Waals surface area contributed by atoms with E-state index in [4.69, 9.17) is 0 Å². The molecule has 1 aromatic heterocycles. The Balaban J connectivity index is 1.73. The van der Waals surface area contributed by atoms with Gasteiger partial charge in [-0.05, 0) is 32.0 Å². The Bertz CT molecular complexity index is 916. The summed E-state index contributed by atoms with van der Waals surface area (Å²) >= 11 is 1.37. The fourth-order valence-corrected chi connectivity index (χ4v) is 3.31. The Labute approximate surface area is 156 Å². The van der Waals surface area contributed by atoms with Gasteiger partial charge in [0, 0.05) is 17.3 Å². The first-order valence-corrected chi connectivity index (χ1v) is 9.07. The molecule has 1 amide bonds. The lowest BCUT2D eigenvalue weighted by atomic mass is 10.1. The first-order chi connectivity index (χ1) is 12.5. The van der Waals surface area contributed by atoms with Gasteiger partial charge in [0.25, 0.3) is 0 Å². The number of thioether (sulfide) groups is 1. The van der Waals surface area contributed by atoms with E-state index < -0.39 is 0 Å². The van der Waals surface area contributed by atoms with E-state index in [1.807, 2.05) is 50.2 Å². The van der Waals surface area contributed by atoms with Crippen LogP contribution in [0.15, 0.2) is 65.7 Å². The number of phenolic OH excluding ortho intramolecular Hbond substituents is 1. The van der Waals surface area contributed by atoms with Crippen LogP contribution in [0.4, 0.5) is 5.69 Å². The average Bonchev–Trinajstić information content (AvgIpc) is 2.62. The normalized spacial score (nSPS) is 11.8. The topological polar surface area (TPSA) is 75.1 Å². The van der Waals surface area contributed by atoms with E-state index in [1.54, 1.807) is 18.2 Å². The van der Waals surface area contributed by atoms with Crippen LogP contribution >= 0.6 is 11.8 Å². The molecule has 0 aliphatic carbocycles. The van der Waals surface area contributed by atoms with Gasteiger partial charge >= 0.3 is 0 Å². The van der Waals surface area contributed by atoms with Gasteiger partial charge in [-0.15, -0.1) is 0 Å². The van der Waals surface area contributed by atoms with Crippen molar-refractivity contribution in [3.8, 4) is 17.0 Å². The van der Waals surface area contributed by atoms with Gasteiger partial charge in [0.2, 0.25) is 5.91 Å². The molecule has 0 fully saturated rings. The number of aryl methyl sites for hydroxylation is 1. The minimum atomic E-state index is -0.352. The quantitative estimate of drug-likeness (QED) is 0.521. The minimum Gasteiger partial charge on any atom is -0.508 e. The van der Waals surface area contributed by atoms with Gasteiger partial charge in [-0.25, -0.2) is 9.97 Å². The molecular formula is C20H19N3O2S. The van der Waals surface area contributed by atoms with E-state index in [2.05, 4.69) is 15.3 Å². The number of phenols is 1. The number of amides is 1. The monoisotopic (exact) mass is 365 g/mol. The van der Waals surface area contributed by atoms with Crippen molar-refractivity contribution < 1.29 is 9.90 Å². The Kier molecular flexibility index (Phi) is 5.53. The number of hydrogen-bond donors (Lipinski definition) is 2. The molecule has 0 radical (unpaired) electrons. The summed E-state index contributed by atoms with van der Waals surface area (Å²) in [5.41, 5.74) is 2.41. The van der Waals surface area contributed by atoms with Crippen LogP contribution < -0.4 is 5.32 Å². The molecule has 3 rings (SSSR count). The molecule has 1 heterocycles. The third-order valence-corrected chi connectivity index (χ3v) is 4.68. The molecule has 0 aliphatic heterocycles. The van der Waals surface area contributed by atoms with Gasteiger partial charge in [-0.3, -0.25) is 4.79 Å². The zero-order valence-electron chi connectivity index (χ0n) is 14.5. The number of anilines is 1. The van der Waals surface area contributed by atoms with Crippen LogP contribution in [-0.4, -0.2) is 26.2 Å². The Hall–Kier alpha value is -2.86. The maximum atomic E-state index is 12.4. The van der Waals surface area contributed by atoms with Crippen LogP contribution in [0.2, 0.25) is 0 Å². The van der Waals surface area contributed by atoms with Gasteiger partial charge in [0.05, 0.1) is 10.9 Å². The van der Waals surface area contributed by atoms with Gasteiger partial charge in [-0.1, -0.05) is 48.2 Å². The second-order valence-corrected chi connectivity index (χ2v) is 7.17. The molecule has 1 atom stereocenters. The second kappa shape index (κ2) is 8.01. The van der Waals surface area contributed by atoms with E-state index in [9.17, 15) is 9.90 Å². The first-order valence-electron chi connectivity index (χ1n) is 8.19. The summed E-state index contributed by atoms with van der Waals surface area (Å²) in [5.74, 6) is 0.620. The average molecular weight is 365 g/mol. The van der Waals surface area contributed by atoms with Crippen LogP contribution in [0.25, 0.3) is 11.3 Å². The summed E-state index contributed by atoms with van der Waals surface area (Å²) in [7, 11) is 0. The summed E-state index contributed by atoms with van der Waals surface area (Å²) in [5, 5.41) is 12.7. The number of aromatic hydroxyl groups is 1. The predicted molar refractivity (Wildman–Crippen MR) is 104 cm³/mol. The number of aromatic nitrogens is 2.